The minimum Gasteiger partial charge on any atom is -0.361 e. The lowest BCUT2D eigenvalue weighted by Gasteiger charge is -2.27. The standard InChI is InChI=1S/C9H11ClN2O/c1-9(6-11,13-2)7-4-3-5-8(10)12-7/h3,5,7H,4H2,1-2H3. The molecule has 0 fully saturated rings. The van der Waals surface area contributed by atoms with Crippen LogP contribution in [0.4, 0.5) is 0 Å². The molecule has 0 aromatic rings. The van der Waals surface area contributed by atoms with Gasteiger partial charge in [-0.2, -0.15) is 5.26 Å². The first-order valence-corrected chi connectivity index (χ1v) is 4.36. The Hall–Kier alpha value is -0.850. The summed E-state index contributed by atoms with van der Waals surface area (Å²) in [4.78, 5) is 4.14. The molecule has 4 heteroatoms. The van der Waals surface area contributed by atoms with Gasteiger partial charge in [0.2, 0.25) is 0 Å². The highest BCUT2D eigenvalue weighted by Crippen LogP contribution is 2.23. The molecule has 0 aromatic heterocycles. The second kappa shape index (κ2) is 3.91. The number of hydrogen-bond donors (Lipinski definition) is 0. The van der Waals surface area contributed by atoms with Gasteiger partial charge in [-0.1, -0.05) is 17.7 Å². The number of methoxy groups -OCH3 is 1. The summed E-state index contributed by atoms with van der Waals surface area (Å²) in [7, 11) is 1.50. The first-order valence-electron chi connectivity index (χ1n) is 3.98. The van der Waals surface area contributed by atoms with Crippen LogP contribution < -0.4 is 0 Å². The number of dihydropyridines is 1. The van der Waals surface area contributed by atoms with Gasteiger partial charge < -0.3 is 4.74 Å². The minimum atomic E-state index is -0.884. The van der Waals surface area contributed by atoms with Gasteiger partial charge in [0.1, 0.15) is 5.17 Å². The SMILES string of the molecule is COC(C)(C#N)C1CC=CC(Cl)=N1. The molecule has 0 spiro atoms. The third-order valence-corrected chi connectivity index (χ3v) is 2.40. The van der Waals surface area contributed by atoms with Gasteiger partial charge in [0, 0.05) is 7.11 Å². The third kappa shape index (κ3) is 2.09. The Morgan fingerprint density at radius 1 is 1.85 bits per heavy atom. The van der Waals surface area contributed by atoms with E-state index in [1.807, 2.05) is 6.08 Å². The van der Waals surface area contributed by atoms with Crippen LogP contribution in [0.5, 0.6) is 0 Å². The number of ether oxygens (including phenoxy) is 1. The fraction of sp³-hybridized carbons (Fsp3) is 0.556. The first kappa shape index (κ1) is 10.2. The van der Waals surface area contributed by atoms with E-state index in [9.17, 15) is 0 Å². The number of nitriles is 1. The van der Waals surface area contributed by atoms with Crippen LogP contribution >= 0.6 is 11.6 Å². The molecule has 0 aromatic carbocycles. The molecule has 1 aliphatic heterocycles. The summed E-state index contributed by atoms with van der Waals surface area (Å²) in [6, 6.07) is 1.89. The van der Waals surface area contributed by atoms with Gasteiger partial charge in [-0.25, -0.2) is 0 Å². The van der Waals surface area contributed by atoms with Crippen LogP contribution in [0.3, 0.4) is 0 Å². The Kier molecular flexibility index (Phi) is 3.07. The van der Waals surface area contributed by atoms with Crippen LogP contribution in [0.15, 0.2) is 17.1 Å². The molecule has 0 aliphatic carbocycles. The van der Waals surface area contributed by atoms with Gasteiger partial charge in [-0.05, 0) is 19.4 Å². The molecule has 0 saturated carbocycles. The summed E-state index contributed by atoms with van der Waals surface area (Å²) in [6.45, 7) is 1.71. The summed E-state index contributed by atoms with van der Waals surface area (Å²) >= 11 is 5.73. The third-order valence-electron chi connectivity index (χ3n) is 2.18. The van der Waals surface area contributed by atoms with E-state index in [0.29, 0.717) is 11.6 Å². The predicted octanol–water partition coefficient (Wildman–Crippen LogP) is 1.88. The monoisotopic (exact) mass is 198 g/mol. The predicted molar refractivity (Wildman–Crippen MR) is 51.9 cm³/mol. The topological polar surface area (TPSA) is 45.4 Å². The van der Waals surface area contributed by atoms with Gasteiger partial charge in [-0.3, -0.25) is 4.99 Å². The van der Waals surface area contributed by atoms with Crippen LogP contribution in [-0.4, -0.2) is 23.9 Å². The molecule has 13 heavy (non-hydrogen) atoms. The fourth-order valence-electron chi connectivity index (χ4n) is 1.14. The summed E-state index contributed by atoms with van der Waals surface area (Å²) in [5.74, 6) is 0. The summed E-state index contributed by atoms with van der Waals surface area (Å²) < 4.78 is 5.11. The van der Waals surface area contributed by atoms with Crippen molar-refractivity contribution in [3.63, 3.8) is 0 Å². The highest BCUT2D eigenvalue weighted by molar-refractivity contribution is 6.68. The second-order valence-electron chi connectivity index (χ2n) is 3.03. The number of halogens is 1. The van der Waals surface area contributed by atoms with Crippen LogP contribution in [0.1, 0.15) is 13.3 Å². The Morgan fingerprint density at radius 3 is 3.00 bits per heavy atom. The molecular weight excluding hydrogens is 188 g/mol. The normalized spacial score (nSPS) is 26.0. The highest BCUT2D eigenvalue weighted by Gasteiger charge is 2.34. The van der Waals surface area contributed by atoms with Crippen molar-refractivity contribution in [1.82, 2.24) is 0 Å². The molecule has 2 atom stereocenters. The number of allylic oxidation sites excluding steroid dienone is 1. The van der Waals surface area contributed by atoms with Crippen molar-refractivity contribution < 1.29 is 4.74 Å². The van der Waals surface area contributed by atoms with E-state index < -0.39 is 5.60 Å². The Balaban J connectivity index is 2.85. The number of nitrogens with zero attached hydrogens (tertiary/aromatic N) is 2. The molecule has 70 valence electrons. The van der Waals surface area contributed by atoms with Crippen LogP contribution in [-0.2, 0) is 4.74 Å². The fourth-order valence-corrected chi connectivity index (χ4v) is 1.35. The number of rotatable bonds is 2. The van der Waals surface area contributed by atoms with E-state index in [0.717, 1.165) is 0 Å². The van der Waals surface area contributed by atoms with Gasteiger partial charge in [0.25, 0.3) is 0 Å². The Morgan fingerprint density at radius 2 is 2.54 bits per heavy atom. The van der Waals surface area contributed by atoms with E-state index in [1.54, 1.807) is 13.0 Å². The van der Waals surface area contributed by atoms with Gasteiger partial charge in [0.15, 0.2) is 5.60 Å². The van der Waals surface area contributed by atoms with Crippen molar-refractivity contribution in [1.29, 1.82) is 5.26 Å². The van der Waals surface area contributed by atoms with E-state index >= 15 is 0 Å². The maximum Gasteiger partial charge on any atom is 0.173 e. The molecule has 3 nitrogen and oxygen atoms in total. The molecule has 0 N–H and O–H groups in total. The zero-order valence-electron chi connectivity index (χ0n) is 7.62. The van der Waals surface area contributed by atoms with Crippen molar-refractivity contribution in [2.45, 2.75) is 25.0 Å². The maximum atomic E-state index is 8.91. The van der Waals surface area contributed by atoms with E-state index in [1.165, 1.54) is 7.11 Å². The minimum absolute atomic E-state index is 0.208. The molecule has 0 radical (unpaired) electrons. The molecular formula is C9H11ClN2O. The average molecular weight is 199 g/mol. The smallest absolute Gasteiger partial charge is 0.173 e. The first-order chi connectivity index (χ1) is 6.12. The lowest BCUT2D eigenvalue weighted by molar-refractivity contribution is 0.0343. The van der Waals surface area contributed by atoms with E-state index in [2.05, 4.69) is 11.1 Å². The van der Waals surface area contributed by atoms with Crippen molar-refractivity contribution >= 4 is 16.8 Å². The molecule has 1 aliphatic rings. The van der Waals surface area contributed by atoms with Crippen molar-refractivity contribution in [3.8, 4) is 6.07 Å². The van der Waals surface area contributed by atoms with Gasteiger partial charge in [0.05, 0.1) is 12.1 Å². The van der Waals surface area contributed by atoms with Crippen LogP contribution in [0, 0.1) is 11.3 Å². The number of hydrogen-bond acceptors (Lipinski definition) is 3. The van der Waals surface area contributed by atoms with Gasteiger partial charge in [-0.15, -0.1) is 0 Å². The quantitative estimate of drug-likeness (QED) is 0.680. The van der Waals surface area contributed by atoms with Crippen molar-refractivity contribution in [2.75, 3.05) is 7.11 Å². The van der Waals surface area contributed by atoms with Crippen LogP contribution in [0.2, 0.25) is 0 Å². The molecule has 2 unspecified atom stereocenters. The summed E-state index contributed by atoms with van der Waals surface area (Å²) in [5, 5.41) is 9.34. The molecule has 0 bridgehead atoms. The Labute approximate surface area is 82.7 Å². The molecule has 0 saturated heterocycles. The molecule has 1 rings (SSSR count). The second-order valence-corrected chi connectivity index (χ2v) is 3.42. The maximum absolute atomic E-state index is 8.91. The van der Waals surface area contributed by atoms with Crippen molar-refractivity contribution in [3.05, 3.63) is 12.2 Å². The largest absolute Gasteiger partial charge is 0.361 e. The summed E-state index contributed by atoms with van der Waals surface area (Å²) in [6.07, 6.45) is 4.31. The van der Waals surface area contributed by atoms with Crippen molar-refractivity contribution in [2.24, 2.45) is 4.99 Å². The highest BCUT2D eigenvalue weighted by atomic mass is 35.5. The lowest BCUT2D eigenvalue weighted by Crippen LogP contribution is -2.39. The van der Waals surface area contributed by atoms with Crippen LogP contribution in [0.25, 0.3) is 0 Å². The van der Waals surface area contributed by atoms with E-state index in [4.69, 9.17) is 21.6 Å². The zero-order chi connectivity index (χ0) is 9.90. The Bertz CT molecular complexity index is 292. The average Bonchev–Trinajstić information content (AvgIpc) is 2.17. The summed E-state index contributed by atoms with van der Waals surface area (Å²) in [5.41, 5.74) is -0.884. The zero-order valence-corrected chi connectivity index (χ0v) is 8.38. The molecule has 1 heterocycles. The molecule has 0 amide bonds. The number of aliphatic imine (C=N–C) groups is 1. The lowest BCUT2D eigenvalue weighted by atomic mass is 9.94. The van der Waals surface area contributed by atoms with Gasteiger partial charge >= 0.3 is 0 Å². The van der Waals surface area contributed by atoms with E-state index in [-0.39, 0.29) is 6.04 Å².